The lowest BCUT2D eigenvalue weighted by molar-refractivity contribution is 0.0938. The molecule has 0 radical (unpaired) electrons. The molecule has 3 rings (SSSR count). The van der Waals surface area contributed by atoms with Gasteiger partial charge in [0.2, 0.25) is 0 Å². The molecule has 0 aliphatic rings. The maximum absolute atomic E-state index is 12.1. The van der Waals surface area contributed by atoms with Gasteiger partial charge in [-0.05, 0) is 26.0 Å². The Morgan fingerprint density at radius 1 is 1.27 bits per heavy atom. The van der Waals surface area contributed by atoms with Crippen molar-refractivity contribution in [2.24, 2.45) is 0 Å². The van der Waals surface area contributed by atoms with Crippen LogP contribution in [0, 0.1) is 0 Å². The lowest BCUT2D eigenvalue weighted by Crippen LogP contribution is -2.30. The molecule has 3 aromatic heterocycles. The maximum Gasteiger partial charge on any atom is 0.271 e. The number of carbonyl (C=O) groups excluding carboxylic acids is 1. The van der Waals surface area contributed by atoms with Crippen LogP contribution in [0.4, 0.5) is 0 Å². The summed E-state index contributed by atoms with van der Waals surface area (Å²) >= 11 is 0. The molecule has 8 nitrogen and oxygen atoms in total. The van der Waals surface area contributed by atoms with Crippen LogP contribution in [0.15, 0.2) is 35.4 Å². The summed E-state index contributed by atoms with van der Waals surface area (Å²) in [5.74, 6) is 1.32. The van der Waals surface area contributed by atoms with Crippen molar-refractivity contribution < 1.29 is 9.32 Å². The zero-order chi connectivity index (χ0) is 18.9. The van der Waals surface area contributed by atoms with Crippen molar-refractivity contribution in [1.29, 1.82) is 0 Å². The van der Waals surface area contributed by atoms with E-state index in [9.17, 15) is 4.79 Å². The molecule has 0 bridgehead atoms. The normalized spacial score (nSPS) is 11.8. The van der Waals surface area contributed by atoms with Crippen molar-refractivity contribution in [3.8, 4) is 17.3 Å². The minimum absolute atomic E-state index is 0.0345. The molecule has 8 heteroatoms. The topological polar surface area (TPSA) is 98.7 Å². The SMILES string of the molecule is CC(C)NC(=O)c1cn(-c2ncccc2-c2nc(C(C)(C)C)no2)cn1. The summed E-state index contributed by atoms with van der Waals surface area (Å²) in [4.78, 5) is 25.2. The lowest BCUT2D eigenvalue weighted by Gasteiger charge is -2.11. The molecule has 0 atom stereocenters. The van der Waals surface area contributed by atoms with Gasteiger partial charge in [0.1, 0.15) is 12.0 Å². The number of imidazole rings is 1. The summed E-state index contributed by atoms with van der Waals surface area (Å²) in [6.45, 7) is 9.84. The molecule has 0 saturated heterocycles. The van der Waals surface area contributed by atoms with E-state index in [1.165, 1.54) is 0 Å². The molecule has 136 valence electrons. The number of carbonyl (C=O) groups is 1. The van der Waals surface area contributed by atoms with Crippen LogP contribution in [0.25, 0.3) is 17.3 Å². The van der Waals surface area contributed by atoms with Gasteiger partial charge in [-0.15, -0.1) is 0 Å². The Balaban J connectivity index is 1.97. The minimum atomic E-state index is -0.232. The van der Waals surface area contributed by atoms with Crippen molar-refractivity contribution in [3.63, 3.8) is 0 Å². The van der Waals surface area contributed by atoms with E-state index in [1.807, 2.05) is 40.7 Å². The van der Waals surface area contributed by atoms with Gasteiger partial charge in [-0.3, -0.25) is 9.36 Å². The van der Waals surface area contributed by atoms with E-state index in [-0.39, 0.29) is 17.4 Å². The van der Waals surface area contributed by atoms with Crippen LogP contribution in [-0.4, -0.2) is 36.6 Å². The molecule has 3 heterocycles. The van der Waals surface area contributed by atoms with E-state index in [0.717, 1.165) is 0 Å². The first kappa shape index (κ1) is 17.8. The Labute approximate surface area is 151 Å². The number of aromatic nitrogens is 5. The number of rotatable bonds is 4. The molecular weight excluding hydrogens is 332 g/mol. The molecule has 26 heavy (non-hydrogen) atoms. The largest absolute Gasteiger partial charge is 0.348 e. The summed E-state index contributed by atoms with van der Waals surface area (Å²) in [5, 5.41) is 6.88. The highest BCUT2D eigenvalue weighted by molar-refractivity contribution is 5.92. The van der Waals surface area contributed by atoms with Gasteiger partial charge in [0.15, 0.2) is 11.6 Å². The number of hydrogen-bond donors (Lipinski definition) is 1. The predicted molar refractivity (Wildman–Crippen MR) is 96.0 cm³/mol. The molecule has 3 aromatic rings. The third kappa shape index (κ3) is 3.63. The Morgan fingerprint density at radius 2 is 2.04 bits per heavy atom. The van der Waals surface area contributed by atoms with Crippen molar-refractivity contribution >= 4 is 5.91 Å². The van der Waals surface area contributed by atoms with Gasteiger partial charge in [-0.2, -0.15) is 4.98 Å². The van der Waals surface area contributed by atoms with Gasteiger partial charge in [0.25, 0.3) is 11.8 Å². The average molecular weight is 354 g/mol. The average Bonchev–Trinajstić information content (AvgIpc) is 3.23. The van der Waals surface area contributed by atoms with Crippen molar-refractivity contribution in [3.05, 3.63) is 42.4 Å². The second kappa shape index (κ2) is 6.70. The molecule has 0 aliphatic carbocycles. The first-order valence-electron chi connectivity index (χ1n) is 8.40. The van der Waals surface area contributed by atoms with E-state index in [1.54, 1.807) is 29.4 Å². The molecule has 1 N–H and O–H groups in total. The highest BCUT2D eigenvalue weighted by atomic mass is 16.5. The number of hydrogen-bond acceptors (Lipinski definition) is 6. The first-order chi connectivity index (χ1) is 12.3. The quantitative estimate of drug-likeness (QED) is 0.773. The van der Waals surface area contributed by atoms with Gasteiger partial charge in [0.05, 0.1) is 5.56 Å². The number of pyridine rings is 1. The molecule has 0 saturated carbocycles. The molecule has 0 unspecified atom stereocenters. The van der Waals surface area contributed by atoms with Gasteiger partial charge >= 0.3 is 0 Å². The van der Waals surface area contributed by atoms with E-state index < -0.39 is 0 Å². The fourth-order valence-electron chi connectivity index (χ4n) is 2.30. The van der Waals surface area contributed by atoms with Crippen molar-refractivity contribution in [1.82, 2.24) is 30.0 Å². The van der Waals surface area contributed by atoms with Gasteiger partial charge in [-0.1, -0.05) is 25.9 Å². The third-order valence-electron chi connectivity index (χ3n) is 3.59. The molecule has 0 aromatic carbocycles. The summed E-state index contributed by atoms with van der Waals surface area (Å²) < 4.78 is 7.10. The van der Waals surface area contributed by atoms with Crippen LogP contribution in [0.3, 0.4) is 0 Å². The van der Waals surface area contributed by atoms with Gasteiger partial charge in [-0.25, -0.2) is 9.97 Å². The molecule has 0 fully saturated rings. The number of amides is 1. The maximum atomic E-state index is 12.1. The Kier molecular flexibility index (Phi) is 4.58. The lowest BCUT2D eigenvalue weighted by atomic mass is 9.96. The molecule has 1 amide bonds. The van der Waals surface area contributed by atoms with Crippen LogP contribution in [-0.2, 0) is 5.41 Å². The Morgan fingerprint density at radius 3 is 2.69 bits per heavy atom. The minimum Gasteiger partial charge on any atom is -0.348 e. The second-order valence-corrected chi connectivity index (χ2v) is 7.34. The summed E-state index contributed by atoms with van der Waals surface area (Å²) in [5.41, 5.74) is 0.765. The van der Waals surface area contributed by atoms with Crippen LogP contribution in [0.2, 0.25) is 0 Å². The van der Waals surface area contributed by atoms with E-state index >= 15 is 0 Å². The second-order valence-electron chi connectivity index (χ2n) is 7.34. The van der Waals surface area contributed by atoms with Crippen LogP contribution >= 0.6 is 0 Å². The zero-order valence-electron chi connectivity index (χ0n) is 15.5. The Bertz CT molecular complexity index is 920. The summed E-state index contributed by atoms with van der Waals surface area (Å²) in [6, 6.07) is 3.67. The van der Waals surface area contributed by atoms with E-state index in [2.05, 4.69) is 25.4 Å². The number of nitrogens with one attached hydrogen (secondary N) is 1. The van der Waals surface area contributed by atoms with Gasteiger partial charge < -0.3 is 9.84 Å². The monoisotopic (exact) mass is 354 g/mol. The molecule has 0 spiro atoms. The zero-order valence-corrected chi connectivity index (χ0v) is 15.5. The molecular formula is C18H22N6O2. The third-order valence-corrected chi connectivity index (χ3v) is 3.59. The molecule has 0 aliphatic heterocycles. The summed E-state index contributed by atoms with van der Waals surface area (Å²) in [6.07, 6.45) is 4.83. The van der Waals surface area contributed by atoms with Crippen LogP contribution in [0.5, 0.6) is 0 Å². The highest BCUT2D eigenvalue weighted by Gasteiger charge is 2.23. The fraction of sp³-hybridized carbons (Fsp3) is 0.389. The predicted octanol–water partition coefficient (Wildman–Crippen LogP) is 2.75. The first-order valence-corrected chi connectivity index (χ1v) is 8.40. The highest BCUT2D eigenvalue weighted by Crippen LogP contribution is 2.27. The van der Waals surface area contributed by atoms with E-state index in [0.29, 0.717) is 28.8 Å². The van der Waals surface area contributed by atoms with E-state index in [4.69, 9.17) is 4.52 Å². The van der Waals surface area contributed by atoms with Gasteiger partial charge in [0, 0.05) is 23.9 Å². The summed E-state index contributed by atoms with van der Waals surface area (Å²) in [7, 11) is 0. The van der Waals surface area contributed by atoms with Crippen molar-refractivity contribution in [2.45, 2.75) is 46.1 Å². The van der Waals surface area contributed by atoms with Crippen LogP contribution in [0.1, 0.15) is 50.9 Å². The van der Waals surface area contributed by atoms with Crippen LogP contribution < -0.4 is 5.32 Å². The smallest absolute Gasteiger partial charge is 0.271 e. The fourth-order valence-corrected chi connectivity index (χ4v) is 2.30. The van der Waals surface area contributed by atoms with Crippen molar-refractivity contribution in [2.75, 3.05) is 0 Å². The number of nitrogens with zero attached hydrogens (tertiary/aromatic N) is 5. The Hall–Kier alpha value is -3.03. The standard InChI is InChI=1S/C18H22N6O2/c1-11(2)21-15(25)13-9-24(10-20-13)14-12(7-6-8-19-14)16-22-17(23-26-16)18(3,4)5/h6-11H,1-5H3,(H,21,25).